The number of aromatic nitrogens is 1. The van der Waals surface area contributed by atoms with Crippen LogP contribution < -0.4 is 5.32 Å². The summed E-state index contributed by atoms with van der Waals surface area (Å²) < 4.78 is 2.43. The van der Waals surface area contributed by atoms with Crippen LogP contribution >= 0.6 is 0 Å². The van der Waals surface area contributed by atoms with Crippen LogP contribution in [0, 0.1) is 13.8 Å². The summed E-state index contributed by atoms with van der Waals surface area (Å²) in [6.07, 6.45) is 6.52. The van der Waals surface area contributed by atoms with Gasteiger partial charge in [0.2, 0.25) is 0 Å². The molecule has 1 saturated heterocycles. The van der Waals surface area contributed by atoms with Crippen LogP contribution in [-0.2, 0) is 0 Å². The molecular weight excluding hydrogens is 274 g/mol. The third kappa shape index (κ3) is 2.81. The summed E-state index contributed by atoms with van der Waals surface area (Å²) in [4.78, 5) is 15.0. The highest BCUT2D eigenvalue weighted by Crippen LogP contribution is 2.32. The number of aryl methyl sites for hydroxylation is 1. The van der Waals surface area contributed by atoms with Crippen molar-refractivity contribution in [3.05, 3.63) is 23.0 Å². The predicted octanol–water partition coefficient (Wildman–Crippen LogP) is 3.04. The highest BCUT2D eigenvalue weighted by molar-refractivity contribution is 5.96. The van der Waals surface area contributed by atoms with Gasteiger partial charge in [0, 0.05) is 43.1 Å². The van der Waals surface area contributed by atoms with Crippen molar-refractivity contribution < 1.29 is 4.79 Å². The summed E-state index contributed by atoms with van der Waals surface area (Å²) in [6, 6.07) is 2.98. The molecule has 0 aromatic carbocycles. The van der Waals surface area contributed by atoms with Gasteiger partial charge >= 0.3 is 0 Å². The minimum absolute atomic E-state index is 0.212. The van der Waals surface area contributed by atoms with Gasteiger partial charge in [-0.25, -0.2) is 0 Å². The molecule has 1 aliphatic heterocycles. The molecule has 22 heavy (non-hydrogen) atoms. The Morgan fingerprint density at radius 1 is 1.23 bits per heavy atom. The van der Waals surface area contributed by atoms with Gasteiger partial charge in [-0.1, -0.05) is 19.3 Å². The number of hydrogen-bond acceptors (Lipinski definition) is 2. The van der Waals surface area contributed by atoms with E-state index in [4.69, 9.17) is 0 Å². The third-order valence-corrected chi connectivity index (χ3v) is 5.42. The van der Waals surface area contributed by atoms with Crippen molar-refractivity contribution in [2.75, 3.05) is 19.6 Å². The van der Waals surface area contributed by atoms with Gasteiger partial charge in [-0.05, 0) is 39.7 Å². The second-order valence-corrected chi connectivity index (χ2v) is 7.00. The van der Waals surface area contributed by atoms with E-state index < -0.39 is 0 Å². The van der Waals surface area contributed by atoms with Crippen molar-refractivity contribution in [2.24, 2.45) is 0 Å². The Morgan fingerprint density at radius 3 is 2.64 bits per heavy atom. The van der Waals surface area contributed by atoms with E-state index >= 15 is 0 Å². The molecule has 1 atom stereocenters. The molecule has 2 heterocycles. The standard InChI is InChI=1S/C18H29N3O/c1-13-11-17(18(22)20-10-9-19-12-14(20)2)15(3)21(13)16-7-5-4-6-8-16/h11,14,16,19H,4-10,12H2,1-3H3. The minimum atomic E-state index is 0.212. The van der Waals surface area contributed by atoms with Crippen LogP contribution in [0.5, 0.6) is 0 Å². The number of piperazine rings is 1. The average Bonchev–Trinajstić information content (AvgIpc) is 2.83. The highest BCUT2D eigenvalue weighted by atomic mass is 16.2. The van der Waals surface area contributed by atoms with Gasteiger partial charge in [-0.15, -0.1) is 0 Å². The molecule has 4 nitrogen and oxygen atoms in total. The molecule has 3 rings (SSSR count). The zero-order valence-corrected chi connectivity index (χ0v) is 14.2. The lowest BCUT2D eigenvalue weighted by atomic mass is 9.95. The fraction of sp³-hybridized carbons (Fsp3) is 0.722. The molecule has 2 fully saturated rings. The average molecular weight is 303 g/mol. The van der Waals surface area contributed by atoms with Gasteiger partial charge in [0.1, 0.15) is 0 Å². The van der Waals surface area contributed by atoms with Gasteiger partial charge in [-0.2, -0.15) is 0 Å². The normalized spacial score (nSPS) is 23.8. The Hall–Kier alpha value is -1.29. The van der Waals surface area contributed by atoms with Crippen LogP contribution in [0.2, 0.25) is 0 Å². The maximum absolute atomic E-state index is 13.0. The van der Waals surface area contributed by atoms with Gasteiger partial charge < -0.3 is 14.8 Å². The second-order valence-electron chi connectivity index (χ2n) is 7.00. The van der Waals surface area contributed by atoms with E-state index in [1.165, 1.54) is 43.5 Å². The molecule has 1 aromatic rings. The van der Waals surface area contributed by atoms with Gasteiger partial charge in [0.15, 0.2) is 0 Å². The summed E-state index contributed by atoms with van der Waals surface area (Å²) in [5, 5.41) is 3.35. The first-order valence-electron chi connectivity index (χ1n) is 8.79. The van der Waals surface area contributed by atoms with Crippen LogP contribution in [-0.4, -0.2) is 41.1 Å². The van der Waals surface area contributed by atoms with Crippen molar-refractivity contribution in [1.29, 1.82) is 0 Å². The van der Waals surface area contributed by atoms with E-state index in [1.807, 2.05) is 4.90 Å². The molecule has 0 bridgehead atoms. The lowest BCUT2D eigenvalue weighted by Gasteiger charge is -2.34. The fourth-order valence-electron chi connectivity index (χ4n) is 4.19. The molecule has 1 aliphatic carbocycles. The predicted molar refractivity (Wildman–Crippen MR) is 89.4 cm³/mol. The van der Waals surface area contributed by atoms with E-state index in [1.54, 1.807) is 0 Å². The molecule has 1 unspecified atom stereocenters. The Labute approximate surface area is 133 Å². The van der Waals surface area contributed by atoms with Crippen LogP contribution in [0.1, 0.15) is 66.8 Å². The number of rotatable bonds is 2. The Morgan fingerprint density at radius 2 is 1.95 bits per heavy atom. The lowest BCUT2D eigenvalue weighted by molar-refractivity contribution is 0.0654. The first kappa shape index (κ1) is 15.6. The zero-order chi connectivity index (χ0) is 15.7. The molecule has 1 saturated carbocycles. The van der Waals surface area contributed by atoms with Gasteiger partial charge in [0.05, 0.1) is 5.56 Å². The van der Waals surface area contributed by atoms with Gasteiger partial charge in [0.25, 0.3) is 5.91 Å². The SMILES string of the molecule is Cc1cc(C(=O)N2CCNCC2C)c(C)n1C1CCCCC1. The van der Waals surface area contributed by atoms with Gasteiger partial charge in [-0.3, -0.25) is 4.79 Å². The number of carbonyl (C=O) groups excluding carboxylic acids is 1. The molecule has 1 N–H and O–H groups in total. The summed E-state index contributed by atoms with van der Waals surface area (Å²) in [5.41, 5.74) is 3.33. The summed E-state index contributed by atoms with van der Waals surface area (Å²) in [6.45, 7) is 9.02. The number of amides is 1. The summed E-state index contributed by atoms with van der Waals surface area (Å²) >= 11 is 0. The fourth-order valence-corrected chi connectivity index (χ4v) is 4.19. The van der Waals surface area contributed by atoms with Crippen molar-refractivity contribution >= 4 is 5.91 Å². The van der Waals surface area contributed by atoms with E-state index in [2.05, 4.69) is 36.7 Å². The number of nitrogens with zero attached hydrogens (tertiary/aromatic N) is 2. The lowest BCUT2D eigenvalue weighted by Crippen LogP contribution is -2.52. The monoisotopic (exact) mass is 303 g/mol. The molecule has 122 valence electrons. The van der Waals surface area contributed by atoms with E-state index in [0.717, 1.165) is 25.2 Å². The number of hydrogen-bond donors (Lipinski definition) is 1. The molecule has 2 aliphatic rings. The molecule has 1 aromatic heterocycles. The van der Waals surface area contributed by atoms with Crippen LogP contribution in [0.25, 0.3) is 0 Å². The smallest absolute Gasteiger partial charge is 0.256 e. The van der Waals surface area contributed by atoms with Crippen molar-refractivity contribution in [1.82, 2.24) is 14.8 Å². The van der Waals surface area contributed by atoms with Crippen molar-refractivity contribution in [3.8, 4) is 0 Å². The van der Waals surface area contributed by atoms with E-state index in [-0.39, 0.29) is 11.9 Å². The van der Waals surface area contributed by atoms with Crippen LogP contribution in [0.15, 0.2) is 6.07 Å². The summed E-state index contributed by atoms with van der Waals surface area (Å²) in [7, 11) is 0. The zero-order valence-electron chi connectivity index (χ0n) is 14.2. The number of carbonyl (C=O) groups is 1. The quantitative estimate of drug-likeness (QED) is 0.912. The summed E-state index contributed by atoms with van der Waals surface area (Å²) in [5.74, 6) is 0.212. The first-order valence-corrected chi connectivity index (χ1v) is 8.79. The van der Waals surface area contributed by atoms with E-state index in [0.29, 0.717) is 6.04 Å². The Kier molecular flexibility index (Phi) is 4.57. The van der Waals surface area contributed by atoms with E-state index in [9.17, 15) is 4.79 Å². The third-order valence-electron chi connectivity index (χ3n) is 5.42. The van der Waals surface area contributed by atoms with Crippen LogP contribution in [0.4, 0.5) is 0 Å². The first-order chi connectivity index (χ1) is 10.6. The molecule has 1 amide bonds. The molecule has 0 spiro atoms. The maximum atomic E-state index is 13.0. The van der Waals surface area contributed by atoms with Crippen molar-refractivity contribution in [2.45, 2.75) is 65.0 Å². The Balaban J connectivity index is 1.86. The maximum Gasteiger partial charge on any atom is 0.256 e. The highest BCUT2D eigenvalue weighted by Gasteiger charge is 2.28. The molecule has 4 heteroatoms. The van der Waals surface area contributed by atoms with Crippen molar-refractivity contribution in [3.63, 3.8) is 0 Å². The topological polar surface area (TPSA) is 37.3 Å². The largest absolute Gasteiger partial charge is 0.345 e. The number of nitrogens with one attached hydrogen (secondary N) is 1. The Bertz CT molecular complexity index is 543. The molecule has 0 radical (unpaired) electrons. The minimum Gasteiger partial charge on any atom is -0.345 e. The second kappa shape index (κ2) is 6.45. The molecular formula is C18H29N3O. The van der Waals surface area contributed by atoms with Crippen LogP contribution in [0.3, 0.4) is 0 Å².